The van der Waals surface area contributed by atoms with E-state index in [-0.39, 0.29) is 10.2 Å². The van der Waals surface area contributed by atoms with E-state index in [0.717, 1.165) is 45.2 Å². The molecule has 0 unspecified atom stereocenters. The second kappa shape index (κ2) is 10.2. The molecule has 3 rings (SSSR count). The number of hydrogen-bond acceptors (Lipinski definition) is 5. The maximum absolute atomic E-state index is 12.9. The predicted octanol–water partition coefficient (Wildman–Crippen LogP) is 5.48. The second-order valence-corrected chi connectivity index (χ2v) is 9.30. The van der Waals surface area contributed by atoms with E-state index in [1.54, 1.807) is 18.2 Å². The van der Waals surface area contributed by atoms with Gasteiger partial charge in [-0.3, -0.25) is 15.0 Å². The van der Waals surface area contributed by atoms with E-state index in [1.807, 2.05) is 37.3 Å². The van der Waals surface area contributed by atoms with Gasteiger partial charge in [0.1, 0.15) is 5.75 Å². The topological polar surface area (TPSA) is 58.6 Å². The van der Waals surface area contributed by atoms with Crippen molar-refractivity contribution in [1.29, 1.82) is 0 Å². The molecule has 1 aliphatic heterocycles. The van der Waals surface area contributed by atoms with Crippen molar-refractivity contribution in [2.75, 3.05) is 6.61 Å². The number of unbranched alkanes of at least 4 members (excludes halogenated alkanes) is 1. The highest BCUT2D eigenvalue weighted by Gasteiger charge is 2.34. The monoisotopic (exact) mass is 504 g/mol. The zero-order chi connectivity index (χ0) is 21.7. The number of carbonyl (C=O) groups is 2. The molecular weight excluding hydrogens is 484 g/mol. The Labute approximate surface area is 194 Å². The normalized spacial score (nSPS) is 15.0. The summed E-state index contributed by atoms with van der Waals surface area (Å²) in [7, 11) is 0. The smallest absolute Gasteiger partial charge is 0.285 e. The molecule has 0 aliphatic carbocycles. The van der Waals surface area contributed by atoms with Crippen molar-refractivity contribution in [1.82, 2.24) is 10.4 Å². The number of hydrazine groups is 1. The molecule has 0 atom stereocenters. The third-order valence-corrected chi connectivity index (χ3v) is 6.13. The Morgan fingerprint density at radius 2 is 2.00 bits per heavy atom. The van der Waals surface area contributed by atoms with Gasteiger partial charge in [0.25, 0.3) is 11.8 Å². The van der Waals surface area contributed by atoms with Gasteiger partial charge in [0.15, 0.2) is 4.32 Å². The van der Waals surface area contributed by atoms with Gasteiger partial charge >= 0.3 is 0 Å². The molecule has 2 aromatic rings. The fourth-order valence-electron chi connectivity index (χ4n) is 2.67. The van der Waals surface area contributed by atoms with Crippen LogP contribution in [0.1, 0.15) is 41.3 Å². The van der Waals surface area contributed by atoms with E-state index in [1.165, 1.54) is 0 Å². The Bertz CT molecular complexity index is 1010. The number of aryl methyl sites for hydroxylation is 1. The average Bonchev–Trinajstić information content (AvgIpc) is 2.97. The number of amides is 2. The van der Waals surface area contributed by atoms with Gasteiger partial charge in [-0.05, 0) is 62.0 Å². The van der Waals surface area contributed by atoms with Crippen molar-refractivity contribution < 1.29 is 14.3 Å². The van der Waals surface area contributed by atoms with Crippen LogP contribution < -0.4 is 10.2 Å². The molecule has 1 saturated heterocycles. The summed E-state index contributed by atoms with van der Waals surface area (Å²) in [5.74, 6) is -0.0656. The number of rotatable bonds is 7. The minimum absolute atomic E-state index is 0.273. The minimum atomic E-state index is -0.390. The molecule has 1 N–H and O–H groups in total. The first kappa shape index (κ1) is 22.5. The van der Waals surface area contributed by atoms with Crippen molar-refractivity contribution in [3.05, 3.63) is 68.5 Å². The van der Waals surface area contributed by atoms with Crippen LogP contribution in [0.15, 0.2) is 51.8 Å². The summed E-state index contributed by atoms with van der Waals surface area (Å²) in [5.41, 5.74) is 4.87. The third kappa shape index (κ3) is 5.50. The van der Waals surface area contributed by atoms with E-state index in [0.29, 0.717) is 22.8 Å². The summed E-state index contributed by atoms with van der Waals surface area (Å²) in [6.07, 6.45) is 3.72. The van der Waals surface area contributed by atoms with Gasteiger partial charge in [0.2, 0.25) is 0 Å². The van der Waals surface area contributed by atoms with Gasteiger partial charge in [-0.1, -0.05) is 58.7 Å². The number of thiocarbonyl (C=S) groups is 1. The van der Waals surface area contributed by atoms with Crippen LogP contribution in [0.25, 0.3) is 6.08 Å². The highest BCUT2D eigenvalue weighted by atomic mass is 79.9. The van der Waals surface area contributed by atoms with Crippen LogP contribution in [0.4, 0.5) is 0 Å². The second-order valence-electron chi connectivity index (χ2n) is 6.71. The number of nitrogens with zero attached hydrogens (tertiary/aromatic N) is 1. The zero-order valence-corrected chi connectivity index (χ0v) is 19.8. The standard InChI is InChI=1S/C22H21BrN2O3S2/c1-3-4-11-28-18-10-9-17(23)12-16(18)13-19-21(27)25(22(29)30-19)24-20(26)15-7-5-14(2)6-8-15/h5-10,12-13H,3-4,11H2,1-2H3,(H,24,26)/b19-13+. The molecule has 1 heterocycles. The van der Waals surface area contributed by atoms with Crippen molar-refractivity contribution in [3.63, 3.8) is 0 Å². The highest BCUT2D eigenvalue weighted by Crippen LogP contribution is 2.34. The van der Waals surface area contributed by atoms with Gasteiger partial charge < -0.3 is 4.74 Å². The van der Waals surface area contributed by atoms with Crippen molar-refractivity contribution in [2.45, 2.75) is 26.7 Å². The summed E-state index contributed by atoms with van der Waals surface area (Å²) in [6.45, 7) is 4.64. The maximum atomic E-state index is 12.9. The Morgan fingerprint density at radius 3 is 2.70 bits per heavy atom. The summed E-state index contributed by atoms with van der Waals surface area (Å²) >= 11 is 9.92. The molecule has 156 valence electrons. The first-order valence-electron chi connectivity index (χ1n) is 9.47. The molecule has 0 saturated carbocycles. The van der Waals surface area contributed by atoms with E-state index < -0.39 is 5.91 Å². The molecule has 2 amide bonds. The van der Waals surface area contributed by atoms with Crippen molar-refractivity contribution in [2.24, 2.45) is 0 Å². The summed E-state index contributed by atoms with van der Waals surface area (Å²) in [5, 5.41) is 1.11. The van der Waals surface area contributed by atoms with E-state index in [9.17, 15) is 9.59 Å². The quantitative estimate of drug-likeness (QED) is 0.307. The molecule has 0 bridgehead atoms. The number of ether oxygens (including phenoxy) is 1. The minimum Gasteiger partial charge on any atom is -0.493 e. The molecule has 1 aliphatic rings. The highest BCUT2D eigenvalue weighted by molar-refractivity contribution is 9.10. The summed E-state index contributed by atoms with van der Waals surface area (Å²) in [4.78, 5) is 25.8. The largest absolute Gasteiger partial charge is 0.493 e. The molecular formula is C22H21BrN2O3S2. The van der Waals surface area contributed by atoms with Crippen molar-refractivity contribution >= 4 is 62.1 Å². The molecule has 2 aromatic carbocycles. The lowest BCUT2D eigenvalue weighted by atomic mass is 10.1. The number of halogens is 1. The van der Waals surface area contributed by atoms with Gasteiger partial charge in [-0.2, -0.15) is 5.01 Å². The molecule has 8 heteroatoms. The van der Waals surface area contributed by atoms with Crippen LogP contribution in [0.3, 0.4) is 0 Å². The molecule has 0 spiro atoms. The number of hydrogen-bond donors (Lipinski definition) is 1. The number of benzene rings is 2. The fraction of sp³-hybridized carbons (Fsp3) is 0.227. The Hall–Kier alpha value is -2.16. The molecule has 5 nitrogen and oxygen atoms in total. The lowest BCUT2D eigenvalue weighted by Gasteiger charge is -2.15. The Morgan fingerprint density at radius 1 is 1.27 bits per heavy atom. The maximum Gasteiger partial charge on any atom is 0.285 e. The Balaban J connectivity index is 1.78. The van der Waals surface area contributed by atoms with E-state index in [2.05, 4.69) is 28.3 Å². The molecule has 1 fully saturated rings. The molecule has 0 aromatic heterocycles. The predicted molar refractivity (Wildman–Crippen MR) is 128 cm³/mol. The Kier molecular flexibility index (Phi) is 7.69. The number of nitrogens with one attached hydrogen (secondary N) is 1. The summed E-state index contributed by atoms with van der Waals surface area (Å²) < 4.78 is 7.01. The van der Waals surface area contributed by atoms with Gasteiger partial charge in [0.05, 0.1) is 11.5 Å². The van der Waals surface area contributed by atoms with Gasteiger partial charge in [-0.15, -0.1) is 0 Å². The van der Waals surface area contributed by atoms with E-state index >= 15 is 0 Å². The first-order valence-corrected chi connectivity index (χ1v) is 11.5. The lowest BCUT2D eigenvalue weighted by Crippen LogP contribution is -2.44. The lowest BCUT2D eigenvalue weighted by molar-refractivity contribution is -0.123. The van der Waals surface area contributed by atoms with Crippen LogP contribution in [-0.2, 0) is 4.79 Å². The van der Waals surface area contributed by atoms with Gasteiger partial charge in [-0.25, -0.2) is 0 Å². The van der Waals surface area contributed by atoms with Crippen LogP contribution >= 0.6 is 39.9 Å². The number of thioether (sulfide) groups is 1. The fourth-order valence-corrected chi connectivity index (χ4v) is 4.22. The van der Waals surface area contributed by atoms with Gasteiger partial charge in [0, 0.05) is 15.6 Å². The van der Waals surface area contributed by atoms with Crippen LogP contribution in [0.5, 0.6) is 5.75 Å². The first-order chi connectivity index (χ1) is 14.4. The number of carbonyl (C=O) groups excluding carboxylic acids is 2. The van der Waals surface area contributed by atoms with Crippen molar-refractivity contribution in [3.8, 4) is 5.75 Å². The van der Waals surface area contributed by atoms with Crippen LogP contribution in [0.2, 0.25) is 0 Å². The third-order valence-electron chi connectivity index (χ3n) is 4.33. The SMILES string of the molecule is CCCCOc1ccc(Br)cc1/C=C1/SC(=S)N(NC(=O)c2ccc(C)cc2)C1=O. The molecule has 0 radical (unpaired) electrons. The zero-order valence-electron chi connectivity index (χ0n) is 16.6. The van der Waals surface area contributed by atoms with Crippen LogP contribution in [0, 0.1) is 6.92 Å². The average molecular weight is 505 g/mol. The van der Waals surface area contributed by atoms with E-state index in [4.69, 9.17) is 17.0 Å². The summed E-state index contributed by atoms with van der Waals surface area (Å²) in [6, 6.07) is 12.7. The van der Waals surface area contributed by atoms with Crippen LogP contribution in [-0.4, -0.2) is 27.8 Å². The molecule has 30 heavy (non-hydrogen) atoms.